The van der Waals surface area contributed by atoms with Gasteiger partial charge in [0.15, 0.2) is 0 Å². The molecule has 9 nitrogen and oxygen atoms in total. The van der Waals surface area contributed by atoms with Crippen molar-refractivity contribution in [1.82, 2.24) is 24.4 Å². The van der Waals surface area contributed by atoms with Gasteiger partial charge in [0.05, 0.1) is 22.7 Å². The molecule has 29 heavy (non-hydrogen) atoms. The number of imidazole rings is 1. The number of amides is 1. The van der Waals surface area contributed by atoms with Crippen molar-refractivity contribution in [3.8, 4) is 0 Å². The lowest BCUT2D eigenvalue weighted by atomic mass is 9.88. The summed E-state index contributed by atoms with van der Waals surface area (Å²) in [6, 6.07) is 8.28. The molecule has 2 atom stereocenters. The zero-order valence-corrected chi connectivity index (χ0v) is 16.1. The van der Waals surface area contributed by atoms with Gasteiger partial charge in [0.25, 0.3) is 5.56 Å². The summed E-state index contributed by atoms with van der Waals surface area (Å²) in [5, 5.41) is 10.8. The first-order chi connectivity index (χ1) is 13.8. The van der Waals surface area contributed by atoms with Gasteiger partial charge in [-0.15, -0.1) is 0 Å². The van der Waals surface area contributed by atoms with E-state index in [1.54, 1.807) is 11.8 Å². The van der Waals surface area contributed by atoms with Crippen molar-refractivity contribution in [3.05, 3.63) is 63.2 Å². The first kappa shape index (κ1) is 19.1. The summed E-state index contributed by atoms with van der Waals surface area (Å²) < 4.78 is 1.29. The summed E-state index contributed by atoms with van der Waals surface area (Å²) >= 11 is 0. The number of aromatic amines is 2. The van der Waals surface area contributed by atoms with Crippen molar-refractivity contribution >= 4 is 16.9 Å². The molecule has 1 saturated heterocycles. The molecule has 1 aliphatic heterocycles. The van der Waals surface area contributed by atoms with E-state index in [0.29, 0.717) is 19.4 Å². The molecule has 0 spiro atoms. The number of aryl methyl sites for hydroxylation is 1. The Morgan fingerprint density at radius 1 is 1.28 bits per heavy atom. The summed E-state index contributed by atoms with van der Waals surface area (Å²) in [6.45, 7) is 2.24. The highest BCUT2D eigenvalue weighted by atomic mass is 16.3. The van der Waals surface area contributed by atoms with Gasteiger partial charge in [0.2, 0.25) is 5.91 Å². The van der Waals surface area contributed by atoms with Gasteiger partial charge >= 0.3 is 5.69 Å². The lowest BCUT2D eigenvalue weighted by Gasteiger charge is -2.43. The monoisotopic (exact) mass is 397 g/mol. The lowest BCUT2D eigenvalue weighted by Crippen LogP contribution is -2.55. The van der Waals surface area contributed by atoms with Gasteiger partial charge in [-0.3, -0.25) is 19.1 Å². The number of hydrogen-bond acceptors (Lipinski definition) is 5. The number of para-hydroxylation sites is 2. The zero-order chi connectivity index (χ0) is 20.6. The quantitative estimate of drug-likeness (QED) is 0.594. The predicted octanol–water partition coefficient (Wildman–Crippen LogP) is 0.570. The molecule has 3 N–H and O–H groups in total. The van der Waals surface area contributed by atoms with Crippen LogP contribution < -0.4 is 11.2 Å². The molecule has 0 bridgehead atoms. The average Bonchev–Trinajstić information content (AvgIpc) is 3.09. The fourth-order valence-corrected chi connectivity index (χ4v) is 3.82. The second-order valence-electron chi connectivity index (χ2n) is 7.68. The molecular weight excluding hydrogens is 374 g/mol. The van der Waals surface area contributed by atoms with Crippen LogP contribution in [-0.2, 0) is 11.2 Å². The van der Waals surface area contributed by atoms with E-state index in [1.807, 2.05) is 24.3 Å². The standard InChI is InChI=1S/C20H23N5O4/c1-20(29)9-11-24(12-15(20)25-10-8-17(26)23-19(25)28)18(27)7-6-16-21-13-4-2-3-5-14(13)22-16/h2-5,8,10,15,29H,6-7,9,11-12H2,1H3,(H,21,22)(H,23,26,28)/t15-,20-/m1/s1. The highest BCUT2D eigenvalue weighted by Gasteiger charge is 2.40. The molecular formula is C20H23N5O4. The fraction of sp³-hybridized carbons (Fsp3) is 0.400. The first-order valence-corrected chi connectivity index (χ1v) is 9.59. The minimum atomic E-state index is -1.17. The largest absolute Gasteiger partial charge is 0.388 e. The Bertz CT molecular complexity index is 1130. The SMILES string of the molecule is C[C@@]1(O)CCN(C(=O)CCc2nc3ccccc3[nH]2)C[C@H]1n1ccc(=O)[nH]c1=O. The van der Waals surface area contributed by atoms with Gasteiger partial charge in [-0.25, -0.2) is 9.78 Å². The Balaban J connectivity index is 1.47. The molecule has 1 amide bonds. The molecule has 0 radical (unpaired) electrons. The van der Waals surface area contributed by atoms with E-state index in [0.717, 1.165) is 16.9 Å². The Kier molecular flexibility index (Phi) is 4.83. The third-order valence-electron chi connectivity index (χ3n) is 5.55. The normalized spacial score (nSPS) is 22.1. The van der Waals surface area contributed by atoms with Crippen molar-refractivity contribution in [2.75, 3.05) is 13.1 Å². The second-order valence-corrected chi connectivity index (χ2v) is 7.68. The van der Waals surface area contributed by atoms with Crippen LogP contribution in [0, 0.1) is 0 Å². The summed E-state index contributed by atoms with van der Waals surface area (Å²) in [5.41, 5.74) is -0.472. The van der Waals surface area contributed by atoms with Crippen LogP contribution in [-0.4, -0.2) is 54.1 Å². The number of aromatic nitrogens is 4. The van der Waals surface area contributed by atoms with Crippen molar-refractivity contribution in [3.63, 3.8) is 0 Å². The van der Waals surface area contributed by atoms with Crippen LogP contribution in [0.1, 0.15) is 31.6 Å². The number of rotatable bonds is 4. The maximum atomic E-state index is 12.8. The van der Waals surface area contributed by atoms with E-state index in [2.05, 4.69) is 15.0 Å². The smallest absolute Gasteiger partial charge is 0.328 e. The average molecular weight is 397 g/mol. The van der Waals surface area contributed by atoms with Crippen LogP contribution in [0.15, 0.2) is 46.1 Å². The van der Waals surface area contributed by atoms with E-state index >= 15 is 0 Å². The number of piperidine rings is 1. The summed E-state index contributed by atoms with van der Waals surface area (Å²) in [5.74, 6) is 0.681. The first-order valence-electron chi connectivity index (χ1n) is 9.59. The number of aliphatic hydroxyl groups is 1. The van der Waals surface area contributed by atoms with Gasteiger partial charge in [-0.05, 0) is 25.5 Å². The Hall–Kier alpha value is -3.20. The van der Waals surface area contributed by atoms with Gasteiger partial charge in [0.1, 0.15) is 5.82 Å². The Labute approximate surface area is 166 Å². The summed E-state index contributed by atoms with van der Waals surface area (Å²) in [7, 11) is 0. The molecule has 3 heterocycles. The molecule has 0 aliphatic carbocycles. The van der Waals surface area contributed by atoms with Crippen molar-refractivity contribution in [2.45, 2.75) is 37.8 Å². The molecule has 1 aromatic carbocycles. The minimum Gasteiger partial charge on any atom is -0.388 e. The van der Waals surface area contributed by atoms with Crippen LogP contribution >= 0.6 is 0 Å². The predicted molar refractivity (Wildman–Crippen MR) is 107 cm³/mol. The Morgan fingerprint density at radius 2 is 2.07 bits per heavy atom. The van der Waals surface area contributed by atoms with Crippen LogP contribution in [0.5, 0.6) is 0 Å². The molecule has 2 aromatic heterocycles. The van der Waals surface area contributed by atoms with Gasteiger partial charge in [0, 0.05) is 38.2 Å². The number of hydrogen-bond donors (Lipinski definition) is 3. The van der Waals surface area contributed by atoms with E-state index in [9.17, 15) is 19.5 Å². The maximum absolute atomic E-state index is 12.8. The number of carbonyl (C=O) groups is 1. The van der Waals surface area contributed by atoms with E-state index in [4.69, 9.17) is 0 Å². The van der Waals surface area contributed by atoms with Crippen molar-refractivity contribution in [2.24, 2.45) is 0 Å². The topological polar surface area (TPSA) is 124 Å². The van der Waals surface area contributed by atoms with Gasteiger partial charge < -0.3 is 15.0 Å². The van der Waals surface area contributed by atoms with Gasteiger partial charge in [-0.1, -0.05) is 12.1 Å². The third-order valence-corrected chi connectivity index (χ3v) is 5.55. The number of carbonyl (C=O) groups excluding carboxylic acids is 1. The number of H-pyrrole nitrogens is 2. The minimum absolute atomic E-state index is 0.0663. The highest BCUT2D eigenvalue weighted by molar-refractivity contribution is 5.77. The molecule has 0 saturated carbocycles. The molecule has 0 unspecified atom stereocenters. The fourth-order valence-electron chi connectivity index (χ4n) is 3.82. The molecule has 1 fully saturated rings. The van der Waals surface area contributed by atoms with Crippen LogP contribution in [0.25, 0.3) is 11.0 Å². The number of fused-ring (bicyclic) bond motifs is 1. The zero-order valence-electron chi connectivity index (χ0n) is 16.1. The van der Waals surface area contributed by atoms with Crippen LogP contribution in [0.4, 0.5) is 0 Å². The molecule has 152 valence electrons. The van der Waals surface area contributed by atoms with E-state index in [1.165, 1.54) is 16.8 Å². The number of likely N-dealkylation sites (tertiary alicyclic amines) is 1. The van der Waals surface area contributed by atoms with Crippen molar-refractivity contribution in [1.29, 1.82) is 0 Å². The highest BCUT2D eigenvalue weighted by Crippen LogP contribution is 2.31. The van der Waals surface area contributed by atoms with Gasteiger partial charge in [-0.2, -0.15) is 0 Å². The number of nitrogens with one attached hydrogen (secondary N) is 2. The second kappa shape index (κ2) is 7.32. The van der Waals surface area contributed by atoms with Crippen molar-refractivity contribution < 1.29 is 9.90 Å². The van der Waals surface area contributed by atoms with E-state index in [-0.39, 0.29) is 18.9 Å². The molecule has 9 heteroatoms. The summed E-state index contributed by atoms with van der Waals surface area (Å²) in [4.78, 5) is 47.9. The number of benzene rings is 1. The lowest BCUT2D eigenvalue weighted by molar-refractivity contribution is -0.138. The third kappa shape index (κ3) is 3.86. The molecule has 3 aromatic rings. The molecule has 4 rings (SSSR count). The summed E-state index contributed by atoms with van der Waals surface area (Å²) in [6.07, 6.45) is 2.45. The van der Waals surface area contributed by atoms with Crippen LogP contribution in [0.3, 0.4) is 0 Å². The number of nitrogens with zero attached hydrogens (tertiary/aromatic N) is 3. The Morgan fingerprint density at radius 3 is 2.83 bits per heavy atom. The van der Waals surface area contributed by atoms with Crippen LogP contribution in [0.2, 0.25) is 0 Å². The molecule has 1 aliphatic rings. The maximum Gasteiger partial charge on any atom is 0.328 e. The van der Waals surface area contributed by atoms with E-state index < -0.39 is 22.9 Å².